The summed E-state index contributed by atoms with van der Waals surface area (Å²) in [4.78, 5) is 15.1. The fourth-order valence-corrected chi connectivity index (χ4v) is 0.851. The zero-order valence-electron chi connectivity index (χ0n) is 9.21. The summed E-state index contributed by atoms with van der Waals surface area (Å²) in [5.74, 6) is 2.49. The lowest BCUT2D eigenvalue weighted by molar-refractivity contribution is -0.129. The summed E-state index contributed by atoms with van der Waals surface area (Å²) < 4.78 is 0. The Labute approximate surface area is 86.3 Å². The predicted octanol–water partition coefficient (Wildman–Crippen LogP) is -0.771. The molecule has 0 bridgehead atoms. The fourth-order valence-electron chi connectivity index (χ4n) is 0.851. The molecule has 0 aromatic carbocycles. The average Bonchev–Trinajstić information content (AvgIpc) is 2.14. The molecule has 0 atom stereocenters. The highest BCUT2D eigenvalue weighted by atomic mass is 16.2. The van der Waals surface area contributed by atoms with Gasteiger partial charge in [-0.05, 0) is 14.1 Å². The summed E-state index contributed by atoms with van der Waals surface area (Å²) in [5.41, 5.74) is 0. The van der Waals surface area contributed by atoms with Crippen LogP contribution in [0.5, 0.6) is 0 Å². The second-order valence-corrected chi connectivity index (χ2v) is 3.43. The maximum absolute atomic E-state index is 11.4. The van der Waals surface area contributed by atoms with E-state index in [0.717, 1.165) is 13.1 Å². The first-order valence-electron chi connectivity index (χ1n) is 4.60. The number of terminal acetylenes is 1. The molecule has 0 aliphatic rings. The van der Waals surface area contributed by atoms with Crippen LogP contribution in [0.25, 0.3) is 0 Å². The quantitative estimate of drug-likeness (QED) is 0.448. The van der Waals surface area contributed by atoms with Crippen molar-refractivity contribution >= 4 is 5.91 Å². The Bertz CT molecular complexity index is 208. The maximum Gasteiger partial charge on any atom is 0.236 e. The molecule has 0 aromatic rings. The molecular formula is C10H19N3O. The van der Waals surface area contributed by atoms with E-state index in [9.17, 15) is 4.79 Å². The fraction of sp³-hybridized carbons (Fsp3) is 0.700. The van der Waals surface area contributed by atoms with Crippen molar-refractivity contribution in [3.8, 4) is 12.3 Å². The van der Waals surface area contributed by atoms with Crippen LogP contribution in [0, 0.1) is 12.3 Å². The zero-order valence-corrected chi connectivity index (χ0v) is 9.21. The second kappa shape index (κ2) is 7.36. The van der Waals surface area contributed by atoms with Crippen molar-refractivity contribution < 1.29 is 4.79 Å². The summed E-state index contributed by atoms with van der Waals surface area (Å²) in [6, 6.07) is 0. The molecule has 0 saturated heterocycles. The van der Waals surface area contributed by atoms with Crippen molar-refractivity contribution in [3.05, 3.63) is 0 Å². The van der Waals surface area contributed by atoms with Crippen molar-refractivity contribution in [1.82, 2.24) is 15.1 Å². The smallest absolute Gasteiger partial charge is 0.236 e. The first-order valence-corrected chi connectivity index (χ1v) is 4.60. The Morgan fingerprint density at radius 1 is 1.36 bits per heavy atom. The minimum absolute atomic E-state index is 0.0714. The number of likely N-dealkylation sites (N-methyl/N-ethyl adjacent to an activating group) is 2. The van der Waals surface area contributed by atoms with Gasteiger partial charge in [0.05, 0.1) is 13.1 Å². The molecule has 4 heteroatoms. The van der Waals surface area contributed by atoms with Crippen molar-refractivity contribution in [3.63, 3.8) is 0 Å². The number of nitrogens with one attached hydrogen (secondary N) is 1. The third-order valence-corrected chi connectivity index (χ3v) is 1.81. The Morgan fingerprint density at radius 3 is 2.50 bits per heavy atom. The molecule has 1 amide bonds. The van der Waals surface area contributed by atoms with Gasteiger partial charge in [0.1, 0.15) is 0 Å². The van der Waals surface area contributed by atoms with E-state index >= 15 is 0 Å². The van der Waals surface area contributed by atoms with Crippen LogP contribution in [0.3, 0.4) is 0 Å². The number of nitrogens with zero attached hydrogens (tertiary/aromatic N) is 2. The molecule has 0 heterocycles. The van der Waals surface area contributed by atoms with Gasteiger partial charge in [0, 0.05) is 20.1 Å². The second-order valence-electron chi connectivity index (χ2n) is 3.43. The van der Waals surface area contributed by atoms with Gasteiger partial charge in [-0.3, -0.25) is 10.1 Å². The van der Waals surface area contributed by atoms with Gasteiger partial charge >= 0.3 is 0 Å². The largest absolute Gasteiger partial charge is 0.343 e. The maximum atomic E-state index is 11.4. The lowest BCUT2D eigenvalue weighted by Gasteiger charge is -2.19. The molecule has 0 saturated carbocycles. The molecule has 0 aliphatic heterocycles. The highest BCUT2D eigenvalue weighted by Crippen LogP contribution is 1.84. The van der Waals surface area contributed by atoms with Crippen LogP contribution >= 0.6 is 0 Å². The predicted molar refractivity (Wildman–Crippen MR) is 57.9 cm³/mol. The highest BCUT2D eigenvalue weighted by molar-refractivity contribution is 5.77. The van der Waals surface area contributed by atoms with E-state index in [4.69, 9.17) is 6.42 Å². The third kappa shape index (κ3) is 6.46. The normalized spacial score (nSPS) is 9.93. The lowest BCUT2D eigenvalue weighted by atomic mass is 10.4. The first-order chi connectivity index (χ1) is 6.57. The Kier molecular flexibility index (Phi) is 6.81. The lowest BCUT2D eigenvalue weighted by Crippen LogP contribution is -2.39. The van der Waals surface area contributed by atoms with Crippen LogP contribution in [0.2, 0.25) is 0 Å². The molecule has 0 aliphatic carbocycles. The SMILES string of the molecule is C#CCNCC(=O)N(C)CCN(C)C. The first kappa shape index (κ1) is 12.9. The Balaban J connectivity index is 3.61. The summed E-state index contributed by atoms with van der Waals surface area (Å²) in [7, 11) is 5.76. The summed E-state index contributed by atoms with van der Waals surface area (Å²) in [6.45, 7) is 2.36. The van der Waals surface area contributed by atoms with Crippen LogP contribution in [0.15, 0.2) is 0 Å². The minimum atomic E-state index is 0.0714. The third-order valence-electron chi connectivity index (χ3n) is 1.81. The van der Waals surface area contributed by atoms with Crippen LogP contribution in [-0.4, -0.2) is 63.0 Å². The van der Waals surface area contributed by atoms with Gasteiger partial charge in [0.15, 0.2) is 0 Å². The summed E-state index contributed by atoms with van der Waals surface area (Å²) >= 11 is 0. The van der Waals surface area contributed by atoms with Crippen molar-refractivity contribution in [2.45, 2.75) is 0 Å². The topological polar surface area (TPSA) is 35.6 Å². The van der Waals surface area contributed by atoms with Gasteiger partial charge < -0.3 is 9.80 Å². The Morgan fingerprint density at radius 2 is 2.00 bits per heavy atom. The summed E-state index contributed by atoms with van der Waals surface area (Å²) in [6.07, 6.45) is 5.05. The molecule has 4 nitrogen and oxygen atoms in total. The van der Waals surface area contributed by atoms with E-state index in [1.54, 1.807) is 11.9 Å². The number of amides is 1. The van der Waals surface area contributed by atoms with Gasteiger partial charge in [-0.1, -0.05) is 5.92 Å². The summed E-state index contributed by atoms with van der Waals surface area (Å²) in [5, 5.41) is 2.86. The van der Waals surface area contributed by atoms with E-state index in [0.29, 0.717) is 13.1 Å². The van der Waals surface area contributed by atoms with Crippen LogP contribution < -0.4 is 5.32 Å². The molecule has 14 heavy (non-hydrogen) atoms. The average molecular weight is 197 g/mol. The molecule has 80 valence electrons. The van der Waals surface area contributed by atoms with Crippen molar-refractivity contribution in [2.24, 2.45) is 0 Å². The number of carbonyl (C=O) groups is 1. The van der Waals surface area contributed by atoms with Gasteiger partial charge in [0.25, 0.3) is 0 Å². The molecular weight excluding hydrogens is 178 g/mol. The molecule has 0 spiro atoms. The van der Waals surface area contributed by atoms with Gasteiger partial charge in [-0.2, -0.15) is 0 Å². The Hall–Kier alpha value is -1.05. The van der Waals surface area contributed by atoms with Gasteiger partial charge in [-0.25, -0.2) is 0 Å². The van der Waals surface area contributed by atoms with Crippen molar-refractivity contribution in [1.29, 1.82) is 0 Å². The van der Waals surface area contributed by atoms with E-state index in [2.05, 4.69) is 11.2 Å². The monoisotopic (exact) mass is 197 g/mol. The van der Waals surface area contributed by atoms with Crippen molar-refractivity contribution in [2.75, 3.05) is 47.3 Å². The standard InChI is InChI=1S/C10H19N3O/c1-5-6-11-9-10(14)13(4)8-7-12(2)3/h1,11H,6-9H2,2-4H3. The van der Waals surface area contributed by atoms with Gasteiger partial charge in [0.2, 0.25) is 5.91 Å². The van der Waals surface area contributed by atoms with Crippen LogP contribution in [0.1, 0.15) is 0 Å². The molecule has 1 N–H and O–H groups in total. The van der Waals surface area contributed by atoms with E-state index in [-0.39, 0.29) is 5.91 Å². The molecule has 0 radical (unpaired) electrons. The molecule has 0 rings (SSSR count). The van der Waals surface area contributed by atoms with E-state index in [1.165, 1.54) is 0 Å². The minimum Gasteiger partial charge on any atom is -0.343 e. The molecule has 0 aromatic heterocycles. The van der Waals surface area contributed by atoms with Gasteiger partial charge in [-0.15, -0.1) is 6.42 Å². The highest BCUT2D eigenvalue weighted by Gasteiger charge is 2.06. The molecule has 0 unspecified atom stereocenters. The van der Waals surface area contributed by atoms with E-state index < -0.39 is 0 Å². The molecule has 0 fully saturated rings. The number of hydrogen-bond acceptors (Lipinski definition) is 3. The number of rotatable bonds is 6. The number of carbonyl (C=O) groups excluding carboxylic acids is 1. The number of hydrogen-bond donors (Lipinski definition) is 1. The van der Waals surface area contributed by atoms with Crippen LogP contribution in [0.4, 0.5) is 0 Å². The zero-order chi connectivity index (χ0) is 11.0. The van der Waals surface area contributed by atoms with Crippen LogP contribution in [-0.2, 0) is 4.79 Å². The van der Waals surface area contributed by atoms with E-state index in [1.807, 2.05) is 19.0 Å².